The van der Waals surface area contributed by atoms with Crippen molar-refractivity contribution >= 4 is 11.6 Å². The first-order valence-corrected chi connectivity index (χ1v) is 4.79. The summed E-state index contributed by atoms with van der Waals surface area (Å²) in [5, 5.41) is 0. The number of aromatic nitrogens is 2. The summed E-state index contributed by atoms with van der Waals surface area (Å²) in [7, 11) is 0. The lowest BCUT2D eigenvalue weighted by Crippen LogP contribution is -2.38. The zero-order valence-corrected chi connectivity index (χ0v) is 8.54. The molecule has 0 atom stereocenters. The number of rotatable bonds is 2. The molecule has 5 heteroatoms. The third kappa shape index (κ3) is 1.39. The number of nitrogens with two attached hydrogens (primary N) is 1. The second-order valence-corrected chi connectivity index (χ2v) is 3.55. The number of anilines is 2. The molecule has 0 unspecified atom stereocenters. The SMILES string of the molecule is Cc1nc(NN)c(C)c(N2CCC2)n1. The van der Waals surface area contributed by atoms with E-state index in [2.05, 4.69) is 20.3 Å². The van der Waals surface area contributed by atoms with Crippen LogP contribution >= 0.6 is 0 Å². The van der Waals surface area contributed by atoms with E-state index in [1.807, 2.05) is 13.8 Å². The number of nitrogens with one attached hydrogen (secondary N) is 1. The van der Waals surface area contributed by atoms with Crippen LogP contribution in [-0.2, 0) is 0 Å². The van der Waals surface area contributed by atoms with Crippen LogP contribution in [0.2, 0.25) is 0 Å². The molecule has 76 valence electrons. The molecule has 0 bridgehead atoms. The average Bonchev–Trinajstić information content (AvgIpc) is 2.07. The van der Waals surface area contributed by atoms with Gasteiger partial charge in [-0.15, -0.1) is 0 Å². The molecule has 1 fully saturated rings. The Morgan fingerprint density at radius 3 is 2.50 bits per heavy atom. The predicted molar refractivity (Wildman–Crippen MR) is 56.1 cm³/mol. The van der Waals surface area contributed by atoms with E-state index in [4.69, 9.17) is 5.84 Å². The minimum absolute atomic E-state index is 0.722. The average molecular weight is 193 g/mol. The molecule has 0 spiro atoms. The summed E-state index contributed by atoms with van der Waals surface area (Å²) in [6.45, 7) is 6.04. The molecular formula is C9H15N5. The Balaban J connectivity index is 2.41. The van der Waals surface area contributed by atoms with E-state index in [0.29, 0.717) is 0 Å². The van der Waals surface area contributed by atoms with Gasteiger partial charge in [-0.3, -0.25) is 0 Å². The number of nitrogen functional groups attached to an aromatic ring is 1. The van der Waals surface area contributed by atoms with Crippen LogP contribution in [0, 0.1) is 13.8 Å². The first-order valence-electron chi connectivity index (χ1n) is 4.79. The van der Waals surface area contributed by atoms with Gasteiger partial charge in [-0.25, -0.2) is 15.8 Å². The van der Waals surface area contributed by atoms with Gasteiger partial charge in [0.2, 0.25) is 0 Å². The number of hydrogen-bond donors (Lipinski definition) is 2. The van der Waals surface area contributed by atoms with Crippen molar-refractivity contribution in [1.82, 2.24) is 9.97 Å². The molecule has 14 heavy (non-hydrogen) atoms. The van der Waals surface area contributed by atoms with Crippen LogP contribution in [0.3, 0.4) is 0 Å². The van der Waals surface area contributed by atoms with E-state index in [1.165, 1.54) is 6.42 Å². The van der Waals surface area contributed by atoms with Crippen LogP contribution < -0.4 is 16.2 Å². The quantitative estimate of drug-likeness (QED) is 0.531. The zero-order valence-electron chi connectivity index (χ0n) is 8.54. The highest BCUT2D eigenvalue weighted by Gasteiger charge is 2.20. The van der Waals surface area contributed by atoms with Crippen molar-refractivity contribution in [2.75, 3.05) is 23.4 Å². The molecular weight excluding hydrogens is 178 g/mol. The normalized spacial score (nSPS) is 15.2. The van der Waals surface area contributed by atoms with E-state index in [1.54, 1.807) is 0 Å². The fraction of sp³-hybridized carbons (Fsp3) is 0.556. The molecule has 0 aliphatic carbocycles. The highest BCUT2D eigenvalue weighted by molar-refractivity contribution is 5.58. The van der Waals surface area contributed by atoms with Crippen LogP contribution in [0.4, 0.5) is 11.6 Å². The van der Waals surface area contributed by atoms with Crippen LogP contribution in [0.1, 0.15) is 17.8 Å². The van der Waals surface area contributed by atoms with Crippen LogP contribution in [0.25, 0.3) is 0 Å². The van der Waals surface area contributed by atoms with Gasteiger partial charge in [0, 0.05) is 18.7 Å². The summed E-state index contributed by atoms with van der Waals surface area (Å²) >= 11 is 0. The lowest BCUT2D eigenvalue weighted by molar-refractivity contribution is 0.606. The van der Waals surface area contributed by atoms with Gasteiger partial charge in [-0.05, 0) is 20.3 Å². The molecule has 1 aliphatic heterocycles. The Hall–Kier alpha value is -1.36. The van der Waals surface area contributed by atoms with Crippen molar-refractivity contribution in [3.8, 4) is 0 Å². The van der Waals surface area contributed by atoms with Crippen molar-refractivity contribution < 1.29 is 0 Å². The van der Waals surface area contributed by atoms with E-state index >= 15 is 0 Å². The highest BCUT2D eigenvalue weighted by atomic mass is 15.3. The monoisotopic (exact) mass is 193 g/mol. The first kappa shape index (κ1) is 9.21. The lowest BCUT2D eigenvalue weighted by Gasteiger charge is -2.33. The molecule has 1 aromatic heterocycles. The molecule has 0 saturated carbocycles. The Morgan fingerprint density at radius 2 is 2.00 bits per heavy atom. The Kier molecular flexibility index (Phi) is 2.25. The molecule has 0 aromatic carbocycles. The number of nitrogens with zero attached hydrogens (tertiary/aromatic N) is 3. The predicted octanol–water partition coefficient (Wildman–Crippen LogP) is 0.589. The Bertz CT molecular complexity index is 345. The standard InChI is InChI=1S/C9H15N5/c1-6-8(13-10)11-7(2)12-9(6)14-4-3-5-14/h3-5,10H2,1-2H3,(H,11,12,13). The van der Waals surface area contributed by atoms with Gasteiger partial charge in [0.1, 0.15) is 17.5 Å². The third-order valence-corrected chi connectivity index (χ3v) is 2.52. The van der Waals surface area contributed by atoms with Crippen molar-refractivity contribution in [1.29, 1.82) is 0 Å². The first-order chi connectivity index (χ1) is 6.72. The Morgan fingerprint density at radius 1 is 1.29 bits per heavy atom. The molecule has 2 rings (SSSR count). The minimum Gasteiger partial charge on any atom is -0.356 e. The van der Waals surface area contributed by atoms with Crippen molar-refractivity contribution in [2.24, 2.45) is 5.84 Å². The van der Waals surface area contributed by atoms with Crippen molar-refractivity contribution in [3.05, 3.63) is 11.4 Å². The number of hydrogen-bond acceptors (Lipinski definition) is 5. The van der Waals surface area contributed by atoms with Gasteiger partial charge in [-0.2, -0.15) is 0 Å². The van der Waals surface area contributed by atoms with E-state index in [-0.39, 0.29) is 0 Å². The van der Waals surface area contributed by atoms with Crippen LogP contribution in [-0.4, -0.2) is 23.1 Å². The van der Waals surface area contributed by atoms with Crippen molar-refractivity contribution in [3.63, 3.8) is 0 Å². The summed E-state index contributed by atoms with van der Waals surface area (Å²) in [4.78, 5) is 10.9. The van der Waals surface area contributed by atoms with Gasteiger partial charge in [-0.1, -0.05) is 0 Å². The molecule has 1 saturated heterocycles. The molecule has 1 aromatic rings. The number of hydrazine groups is 1. The molecule has 0 amide bonds. The second-order valence-electron chi connectivity index (χ2n) is 3.55. The fourth-order valence-electron chi connectivity index (χ4n) is 1.59. The van der Waals surface area contributed by atoms with Crippen LogP contribution in [0.15, 0.2) is 0 Å². The molecule has 2 heterocycles. The smallest absolute Gasteiger partial charge is 0.148 e. The van der Waals surface area contributed by atoms with Gasteiger partial charge in [0.15, 0.2) is 0 Å². The highest BCUT2D eigenvalue weighted by Crippen LogP contribution is 2.26. The molecule has 1 aliphatic rings. The maximum Gasteiger partial charge on any atom is 0.148 e. The minimum atomic E-state index is 0.722. The van der Waals surface area contributed by atoms with E-state index in [9.17, 15) is 0 Å². The molecule has 3 N–H and O–H groups in total. The van der Waals surface area contributed by atoms with Crippen molar-refractivity contribution in [2.45, 2.75) is 20.3 Å². The summed E-state index contributed by atoms with van der Waals surface area (Å²) in [6, 6.07) is 0. The summed E-state index contributed by atoms with van der Waals surface area (Å²) < 4.78 is 0. The lowest BCUT2D eigenvalue weighted by atomic mass is 10.2. The zero-order chi connectivity index (χ0) is 10.1. The van der Waals surface area contributed by atoms with E-state index in [0.717, 1.165) is 36.1 Å². The maximum atomic E-state index is 5.39. The van der Waals surface area contributed by atoms with Gasteiger partial charge < -0.3 is 10.3 Å². The van der Waals surface area contributed by atoms with E-state index < -0.39 is 0 Å². The van der Waals surface area contributed by atoms with Gasteiger partial charge >= 0.3 is 0 Å². The van der Waals surface area contributed by atoms with Gasteiger partial charge in [0.05, 0.1) is 0 Å². The molecule has 0 radical (unpaired) electrons. The number of aryl methyl sites for hydroxylation is 1. The summed E-state index contributed by atoms with van der Waals surface area (Å²) in [6.07, 6.45) is 1.24. The fourth-order valence-corrected chi connectivity index (χ4v) is 1.59. The summed E-state index contributed by atoms with van der Waals surface area (Å²) in [5.41, 5.74) is 3.63. The summed E-state index contributed by atoms with van der Waals surface area (Å²) in [5.74, 6) is 7.88. The van der Waals surface area contributed by atoms with Gasteiger partial charge in [0.25, 0.3) is 0 Å². The molecule has 5 nitrogen and oxygen atoms in total. The second kappa shape index (κ2) is 3.42. The topological polar surface area (TPSA) is 67.1 Å². The largest absolute Gasteiger partial charge is 0.356 e. The maximum absolute atomic E-state index is 5.39. The van der Waals surface area contributed by atoms with Crippen LogP contribution in [0.5, 0.6) is 0 Å². The Labute approximate surface area is 83.3 Å². The third-order valence-electron chi connectivity index (χ3n) is 2.52.